The van der Waals surface area contributed by atoms with E-state index in [1.54, 1.807) is 30.1 Å². The SMILES string of the molecule is CCC(N)CSCc1nc2ccccn2c1[N+](=O)[O-]. The third kappa shape index (κ3) is 3.05. The molecule has 0 saturated heterocycles. The van der Waals surface area contributed by atoms with Crippen molar-refractivity contribution >= 4 is 23.2 Å². The Morgan fingerprint density at radius 3 is 3.05 bits per heavy atom. The lowest BCUT2D eigenvalue weighted by Crippen LogP contribution is -2.21. The van der Waals surface area contributed by atoms with Gasteiger partial charge in [0.05, 0.1) is 6.20 Å². The summed E-state index contributed by atoms with van der Waals surface area (Å²) < 4.78 is 1.51. The standard InChI is InChI=1S/C12H16N4O2S/c1-2-9(13)7-19-8-10-12(16(17)18)15-6-4-3-5-11(15)14-10/h3-6,9H,2,7-8,13H2,1H3. The molecule has 7 heteroatoms. The summed E-state index contributed by atoms with van der Waals surface area (Å²) in [7, 11) is 0. The van der Waals surface area contributed by atoms with Crippen LogP contribution >= 0.6 is 11.8 Å². The zero-order chi connectivity index (χ0) is 13.8. The van der Waals surface area contributed by atoms with Crippen molar-refractivity contribution in [2.45, 2.75) is 25.1 Å². The first-order valence-corrected chi connectivity index (χ1v) is 7.22. The second-order valence-electron chi connectivity index (χ2n) is 4.25. The van der Waals surface area contributed by atoms with Crippen LogP contribution in [-0.4, -0.2) is 26.1 Å². The summed E-state index contributed by atoms with van der Waals surface area (Å²) in [4.78, 5) is 15.1. The van der Waals surface area contributed by atoms with E-state index in [1.165, 1.54) is 4.40 Å². The second-order valence-corrected chi connectivity index (χ2v) is 5.28. The van der Waals surface area contributed by atoms with Gasteiger partial charge in [-0.3, -0.25) is 0 Å². The molecule has 0 saturated carbocycles. The van der Waals surface area contributed by atoms with Crippen LogP contribution in [0, 0.1) is 10.1 Å². The van der Waals surface area contributed by atoms with Gasteiger partial charge in [0.2, 0.25) is 5.65 Å². The normalized spacial score (nSPS) is 12.7. The monoisotopic (exact) mass is 280 g/mol. The average Bonchev–Trinajstić information content (AvgIpc) is 2.76. The van der Waals surface area contributed by atoms with E-state index >= 15 is 0 Å². The van der Waals surface area contributed by atoms with Crippen LogP contribution < -0.4 is 5.73 Å². The Labute approximate surface area is 115 Å². The van der Waals surface area contributed by atoms with Crippen LogP contribution in [0.4, 0.5) is 5.82 Å². The van der Waals surface area contributed by atoms with Gasteiger partial charge in [0.25, 0.3) is 0 Å². The van der Waals surface area contributed by atoms with Crippen LogP contribution in [-0.2, 0) is 5.75 Å². The van der Waals surface area contributed by atoms with Gasteiger partial charge in [-0.25, -0.2) is 4.98 Å². The van der Waals surface area contributed by atoms with Crippen LogP contribution in [0.2, 0.25) is 0 Å². The molecule has 0 aromatic carbocycles. The lowest BCUT2D eigenvalue weighted by molar-refractivity contribution is -0.391. The van der Waals surface area contributed by atoms with E-state index in [0.717, 1.165) is 12.2 Å². The number of hydrogen-bond donors (Lipinski definition) is 1. The molecule has 2 rings (SSSR count). The third-order valence-corrected chi connectivity index (χ3v) is 3.98. The molecule has 2 aromatic rings. The minimum Gasteiger partial charge on any atom is -0.358 e. The summed E-state index contributed by atoms with van der Waals surface area (Å²) >= 11 is 1.58. The smallest absolute Gasteiger partial charge is 0.351 e. The van der Waals surface area contributed by atoms with Crippen LogP contribution in [0.3, 0.4) is 0 Å². The Balaban J connectivity index is 2.22. The Morgan fingerprint density at radius 1 is 1.58 bits per heavy atom. The van der Waals surface area contributed by atoms with Crippen molar-refractivity contribution in [2.75, 3.05) is 5.75 Å². The molecule has 0 aliphatic heterocycles. The predicted octanol–water partition coefficient (Wildman–Crippen LogP) is 2.21. The topological polar surface area (TPSA) is 86.5 Å². The highest BCUT2D eigenvalue weighted by atomic mass is 32.2. The minimum absolute atomic E-state index is 0.0492. The van der Waals surface area contributed by atoms with Crippen LogP contribution in [0.25, 0.3) is 5.65 Å². The van der Waals surface area contributed by atoms with E-state index in [4.69, 9.17) is 5.73 Å². The Hall–Kier alpha value is -1.60. The van der Waals surface area contributed by atoms with Crippen molar-refractivity contribution < 1.29 is 4.92 Å². The summed E-state index contributed by atoms with van der Waals surface area (Å²) in [5.41, 5.74) is 6.94. The number of pyridine rings is 1. The van der Waals surface area contributed by atoms with E-state index in [2.05, 4.69) is 4.98 Å². The highest BCUT2D eigenvalue weighted by Gasteiger charge is 2.21. The second kappa shape index (κ2) is 6.03. The van der Waals surface area contributed by atoms with Crippen LogP contribution in [0.1, 0.15) is 19.0 Å². The van der Waals surface area contributed by atoms with Gasteiger partial charge in [0.15, 0.2) is 0 Å². The largest absolute Gasteiger partial charge is 0.358 e. The van der Waals surface area contributed by atoms with Gasteiger partial charge in [-0.05, 0) is 17.4 Å². The molecule has 0 amide bonds. The number of rotatable bonds is 6. The van der Waals surface area contributed by atoms with Gasteiger partial charge in [0.1, 0.15) is 5.69 Å². The summed E-state index contributed by atoms with van der Waals surface area (Å²) in [6.45, 7) is 2.03. The molecule has 2 heterocycles. The van der Waals surface area contributed by atoms with Crippen molar-refractivity contribution in [3.05, 3.63) is 40.2 Å². The Kier molecular flexibility index (Phi) is 4.39. The fourth-order valence-electron chi connectivity index (χ4n) is 1.75. The Morgan fingerprint density at radius 2 is 2.37 bits per heavy atom. The molecule has 102 valence electrons. The lowest BCUT2D eigenvalue weighted by Gasteiger charge is -2.06. The molecule has 0 aliphatic rings. The number of aromatic nitrogens is 2. The first-order chi connectivity index (χ1) is 9.13. The maximum atomic E-state index is 11.2. The zero-order valence-electron chi connectivity index (χ0n) is 10.7. The summed E-state index contributed by atoms with van der Waals surface area (Å²) in [6.07, 6.45) is 2.56. The molecule has 6 nitrogen and oxygen atoms in total. The van der Waals surface area contributed by atoms with Crippen molar-refractivity contribution in [1.82, 2.24) is 9.38 Å². The van der Waals surface area contributed by atoms with Crippen molar-refractivity contribution in [3.63, 3.8) is 0 Å². The number of nitrogens with two attached hydrogens (primary N) is 1. The third-order valence-electron chi connectivity index (χ3n) is 2.84. The van der Waals surface area contributed by atoms with Gasteiger partial charge in [-0.2, -0.15) is 16.2 Å². The number of fused-ring (bicyclic) bond motifs is 1. The van der Waals surface area contributed by atoms with Gasteiger partial charge < -0.3 is 15.8 Å². The highest BCUT2D eigenvalue weighted by Crippen LogP contribution is 2.24. The van der Waals surface area contributed by atoms with E-state index in [-0.39, 0.29) is 16.8 Å². The van der Waals surface area contributed by atoms with Gasteiger partial charge in [0, 0.05) is 23.6 Å². The first kappa shape index (κ1) is 13.8. The van der Waals surface area contributed by atoms with Crippen molar-refractivity contribution in [1.29, 1.82) is 0 Å². The number of nitrogens with zero attached hydrogens (tertiary/aromatic N) is 3. The zero-order valence-corrected chi connectivity index (χ0v) is 11.5. The Bertz CT molecular complexity index is 584. The van der Waals surface area contributed by atoms with E-state index in [1.807, 2.05) is 13.0 Å². The van der Waals surface area contributed by atoms with Gasteiger partial charge in [-0.1, -0.05) is 13.0 Å². The van der Waals surface area contributed by atoms with Crippen molar-refractivity contribution in [2.24, 2.45) is 5.73 Å². The van der Waals surface area contributed by atoms with Gasteiger partial charge >= 0.3 is 5.82 Å². The maximum Gasteiger partial charge on any atom is 0.351 e. The summed E-state index contributed by atoms with van der Waals surface area (Å²) in [5, 5.41) is 11.2. The molecule has 2 N–H and O–H groups in total. The molecule has 1 unspecified atom stereocenters. The predicted molar refractivity (Wildman–Crippen MR) is 76.3 cm³/mol. The molecule has 2 aromatic heterocycles. The molecular weight excluding hydrogens is 264 g/mol. The maximum absolute atomic E-state index is 11.2. The average molecular weight is 280 g/mol. The van der Waals surface area contributed by atoms with Crippen molar-refractivity contribution in [3.8, 4) is 0 Å². The molecule has 1 atom stereocenters. The first-order valence-electron chi connectivity index (χ1n) is 6.07. The van der Waals surface area contributed by atoms with Crippen LogP contribution in [0.15, 0.2) is 24.4 Å². The van der Waals surface area contributed by atoms with Gasteiger partial charge in [-0.15, -0.1) is 0 Å². The lowest BCUT2D eigenvalue weighted by atomic mass is 10.3. The molecule has 19 heavy (non-hydrogen) atoms. The molecule has 0 fully saturated rings. The van der Waals surface area contributed by atoms with E-state index < -0.39 is 0 Å². The van der Waals surface area contributed by atoms with E-state index in [0.29, 0.717) is 17.1 Å². The highest BCUT2D eigenvalue weighted by molar-refractivity contribution is 7.98. The minimum atomic E-state index is -0.379. The number of hydrogen-bond acceptors (Lipinski definition) is 5. The fraction of sp³-hybridized carbons (Fsp3) is 0.417. The number of imidazole rings is 1. The van der Waals surface area contributed by atoms with E-state index in [9.17, 15) is 10.1 Å². The number of thioether (sulfide) groups is 1. The fourth-order valence-corrected chi connectivity index (χ4v) is 2.79. The summed E-state index contributed by atoms with van der Waals surface area (Å²) in [5.74, 6) is 1.33. The molecule has 0 radical (unpaired) electrons. The number of nitro groups is 1. The molecule has 0 aliphatic carbocycles. The quantitative estimate of drug-likeness (QED) is 0.647. The van der Waals surface area contributed by atoms with Crippen LogP contribution in [0.5, 0.6) is 0 Å². The molecular formula is C12H16N4O2S. The molecule has 0 spiro atoms. The summed E-state index contributed by atoms with van der Waals surface area (Å²) in [6, 6.07) is 5.46. The molecule has 0 bridgehead atoms.